The fraction of sp³-hybridized carbons (Fsp3) is 0.474. The Bertz CT molecular complexity index is 780. The lowest BCUT2D eigenvalue weighted by Crippen LogP contribution is -2.45. The molecule has 162 valence electrons. The number of aromatic nitrogens is 1. The monoisotopic (exact) mass is 464 g/mol. The molecule has 1 aliphatic heterocycles. The van der Waals surface area contributed by atoms with Gasteiger partial charge >= 0.3 is 0 Å². The zero-order chi connectivity index (χ0) is 19.2. The number of anilines is 1. The normalized spacial score (nSPS) is 16.6. The van der Waals surface area contributed by atoms with Gasteiger partial charge in [0, 0.05) is 51.6 Å². The van der Waals surface area contributed by atoms with Gasteiger partial charge in [0.2, 0.25) is 5.91 Å². The molecular formula is C19H27Cl2FN4O2S. The van der Waals surface area contributed by atoms with Gasteiger partial charge < -0.3 is 10.1 Å². The largest absolute Gasteiger partial charge is 0.383 e. The first-order valence-electron chi connectivity index (χ1n) is 9.00. The average molecular weight is 465 g/mol. The van der Waals surface area contributed by atoms with Crippen molar-refractivity contribution in [2.75, 3.05) is 44.8 Å². The van der Waals surface area contributed by atoms with Crippen LogP contribution in [-0.2, 0) is 16.1 Å². The van der Waals surface area contributed by atoms with Crippen LogP contribution < -0.4 is 10.2 Å². The molecular weight excluding hydrogens is 438 g/mol. The molecule has 6 nitrogen and oxygen atoms in total. The van der Waals surface area contributed by atoms with Gasteiger partial charge in [0.25, 0.3) is 0 Å². The third-order valence-electron chi connectivity index (χ3n) is 4.62. The van der Waals surface area contributed by atoms with Crippen molar-refractivity contribution in [3.63, 3.8) is 0 Å². The number of amides is 1. The SMILES string of the molecule is COCCN(C(C)=O)c1nc(CN2CCNCC2c2cccc(F)c2)cs1.Cl.Cl. The van der Waals surface area contributed by atoms with Gasteiger partial charge in [0.15, 0.2) is 5.13 Å². The van der Waals surface area contributed by atoms with E-state index in [-0.39, 0.29) is 42.6 Å². The topological polar surface area (TPSA) is 57.7 Å². The summed E-state index contributed by atoms with van der Waals surface area (Å²) >= 11 is 1.46. The quantitative estimate of drug-likeness (QED) is 0.681. The van der Waals surface area contributed by atoms with E-state index in [2.05, 4.69) is 15.2 Å². The molecule has 1 amide bonds. The van der Waals surface area contributed by atoms with Crippen LogP contribution in [0.2, 0.25) is 0 Å². The molecule has 0 bridgehead atoms. The van der Waals surface area contributed by atoms with Crippen LogP contribution in [0, 0.1) is 5.82 Å². The summed E-state index contributed by atoms with van der Waals surface area (Å²) < 4.78 is 18.7. The van der Waals surface area contributed by atoms with Crippen molar-refractivity contribution in [3.8, 4) is 0 Å². The van der Waals surface area contributed by atoms with E-state index in [9.17, 15) is 9.18 Å². The smallest absolute Gasteiger partial charge is 0.225 e. The molecule has 1 aromatic carbocycles. The van der Waals surface area contributed by atoms with Crippen LogP contribution in [-0.4, -0.2) is 55.7 Å². The van der Waals surface area contributed by atoms with Gasteiger partial charge in [0.05, 0.1) is 18.8 Å². The summed E-state index contributed by atoms with van der Waals surface area (Å²) in [6.45, 7) is 5.66. The second-order valence-corrected chi connectivity index (χ2v) is 7.37. The molecule has 10 heteroatoms. The molecule has 1 atom stereocenters. The second-order valence-electron chi connectivity index (χ2n) is 6.53. The Morgan fingerprint density at radius 3 is 2.93 bits per heavy atom. The van der Waals surface area contributed by atoms with E-state index in [1.165, 1.54) is 24.3 Å². The number of halogens is 3. The molecule has 2 aromatic rings. The molecule has 3 rings (SSSR count). The van der Waals surface area contributed by atoms with Gasteiger partial charge in [0.1, 0.15) is 5.82 Å². The number of carbonyl (C=O) groups excluding carboxylic acids is 1. The highest BCUT2D eigenvalue weighted by Crippen LogP contribution is 2.27. The number of rotatable bonds is 7. The van der Waals surface area contributed by atoms with Crippen molar-refractivity contribution >= 4 is 47.2 Å². The number of hydrogen-bond acceptors (Lipinski definition) is 6. The Hall–Kier alpha value is -1.29. The Morgan fingerprint density at radius 1 is 1.45 bits per heavy atom. The minimum absolute atomic E-state index is 0. The summed E-state index contributed by atoms with van der Waals surface area (Å²) in [5.74, 6) is -0.267. The number of benzene rings is 1. The summed E-state index contributed by atoms with van der Waals surface area (Å²) in [6, 6.07) is 6.87. The van der Waals surface area contributed by atoms with E-state index in [4.69, 9.17) is 4.74 Å². The van der Waals surface area contributed by atoms with Crippen molar-refractivity contribution in [1.82, 2.24) is 15.2 Å². The molecule has 1 aromatic heterocycles. The number of thiazole rings is 1. The predicted molar refractivity (Wildman–Crippen MR) is 119 cm³/mol. The van der Waals surface area contributed by atoms with Gasteiger partial charge in [-0.3, -0.25) is 14.6 Å². The summed E-state index contributed by atoms with van der Waals surface area (Å²) in [5, 5.41) is 6.06. The van der Waals surface area contributed by atoms with Crippen LogP contribution in [0.1, 0.15) is 24.2 Å². The van der Waals surface area contributed by atoms with Gasteiger partial charge in [-0.2, -0.15) is 0 Å². The standard InChI is InChI=1S/C19H25FN4O2S.2ClH/c1-14(25)24(8-9-26-2)19-22-17(13-27-19)12-23-7-6-21-11-18(23)15-4-3-5-16(20)10-15;;/h3-5,10,13,18,21H,6-9,11-12H2,1-2H3;2*1H. The maximum atomic E-state index is 13.6. The summed E-state index contributed by atoms with van der Waals surface area (Å²) in [7, 11) is 1.61. The highest BCUT2D eigenvalue weighted by atomic mass is 35.5. The van der Waals surface area contributed by atoms with Crippen LogP contribution in [0.3, 0.4) is 0 Å². The molecule has 0 aliphatic carbocycles. The molecule has 2 heterocycles. The van der Waals surface area contributed by atoms with Crippen molar-refractivity contribution in [1.29, 1.82) is 0 Å². The minimum Gasteiger partial charge on any atom is -0.383 e. The fourth-order valence-electron chi connectivity index (χ4n) is 3.25. The molecule has 0 radical (unpaired) electrons. The van der Waals surface area contributed by atoms with Crippen LogP contribution >= 0.6 is 36.2 Å². The minimum atomic E-state index is -0.218. The number of piperazine rings is 1. The molecule has 0 spiro atoms. The Morgan fingerprint density at radius 2 is 2.24 bits per heavy atom. The van der Waals surface area contributed by atoms with Gasteiger partial charge in [-0.15, -0.1) is 36.2 Å². The van der Waals surface area contributed by atoms with Crippen LogP contribution in [0.25, 0.3) is 0 Å². The van der Waals surface area contributed by atoms with Crippen LogP contribution in [0.15, 0.2) is 29.6 Å². The number of ether oxygens (including phenoxy) is 1. The van der Waals surface area contributed by atoms with Crippen molar-refractivity contribution < 1.29 is 13.9 Å². The maximum Gasteiger partial charge on any atom is 0.225 e. The fourth-order valence-corrected chi connectivity index (χ4v) is 4.14. The van der Waals surface area contributed by atoms with Crippen molar-refractivity contribution in [3.05, 3.63) is 46.7 Å². The summed E-state index contributed by atoms with van der Waals surface area (Å²) in [6.07, 6.45) is 0. The highest BCUT2D eigenvalue weighted by Gasteiger charge is 2.25. The third kappa shape index (κ3) is 6.87. The Labute approximate surface area is 187 Å². The maximum absolute atomic E-state index is 13.6. The lowest BCUT2D eigenvalue weighted by Gasteiger charge is -2.36. The first-order valence-corrected chi connectivity index (χ1v) is 9.88. The summed E-state index contributed by atoms with van der Waals surface area (Å²) in [4.78, 5) is 20.5. The molecule has 29 heavy (non-hydrogen) atoms. The number of hydrogen-bond donors (Lipinski definition) is 1. The van der Waals surface area contributed by atoms with Crippen molar-refractivity contribution in [2.24, 2.45) is 0 Å². The molecule has 1 N–H and O–H groups in total. The number of nitrogens with zero attached hydrogens (tertiary/aromatic N) is 3. The first-order chi connectivity index (χ1) is 13.1. The van der Waals surface area contributed by atoms with Crippen LogP contribution in [0.5, 0.6) is 0 Å². The second kappa shape index (κ2) is 12.4. The number of nitrogens with one attached hydrogen (secondary N) is 1. The third-order valence-corrected chi connectivity index (χ3v) is 5.53. The molecule has 1 aliphatic rings. The predicted octanol–water partition coefficient (Wildman–Crippen LogP) is 3.27. The van der Waals surface area contributed by atoms with E-state index >= 15 is 0 Å². The number of carbonyl (C=O) groups is 1. The van der Waals surface area contributed by atoms with Crippen LogP contribution in [0.4, 0.5) is 9.52 Å². The molecule has 1 unspecified atom stereocenters. The molecule has 1 saturated heterocycles. The van der Waals surface area contributed by atoms with E-state index < -0.39 is 0 Å². The van der Waals surface area contributed by atoms with E-state index in [0.29, 0.717) is 24.8 Å². The van der Waals surface area contributed by atoms with Gasteiger partial charge in [-0.05, 0) is 17.7 Å². The van der Waals surface area contributed by atoms with Gasteiger partial charge in [-0.25, -0.2) is 9.37 Å². The number of methoxy groups -OCH3 is 1. The molecule has 1 fully saturated rings. The highest BCUT2D eigenvalue weighted by molar-refractivity contribution is 7.14. The Kier molecular flexibility index (Phi) is 11.0. The first kappa shape index (κ1) is 25.7. The lowest BCUT2D eigenvalue weighted by molar-refractivity contribution is -0.116. The molecule has 0 saturated carbocycles. The van der Waals surface area contributed by atoms with Crippen molar-refractivity contribution in [2.45, 2.75) is 19.5 Å². The van der Waals surface area contributed by atoms with E-state index in [1.807, 2.05) is 11.4 Å². The van der Waals surface area contributed by atoms with E-state index in [1.54, 1.807) is 24.1 Å². The zero-order valence-corrected chi connectivity index (χ0v) is 18.9. The summed E-state index contributed by atoms with van der Waals surface area (Å²) in [5.41, 5.74) is 1.88. The van der Waals surface area contributed by atoms with Gasteiger partial charge in [-0.1, -0.05) is 12.1 Å². The van der Waals surface area contributed by atoms with E-state index in [0.717, 1.165) is 30.9 Å². The zero-order valence-electron chi connectivity index (χ0n) is 16.5. The Balaban J connectivity index is 0.00000210. The average Bonchev–Trinajstić information content (AvgIpc) is 3.10. The lowest BCUT2D eigenvalue weighted by atomic mass is 10.0.